The molecule has 2 aromatic rings. The first kappa shape index (κ1) is 20.6. The number of nitrogens with one attached hydrogen (secondary N) is 1. The predicted molar refractivity (Wildman–Crippen MR) is 112 cm³/mol. The molecule has 0 bridgehead atoms. The van der Waals surface area contributed by atoms with Crippen molar-refractivity contribution in [2.75, 3.05) is 26.6 Å². The number of rotatable bonds is 4. The maximum atomic E-state index is 12.0. The number of esters is 1. The topological polar surface area (TPSA) is 66.0 Å². The number of carbonyl (C=O) groups is 1. The van der Waals surface area contributed by atoms with Crippen molar-refractivity contribution in [3.63, 3.8) is 0 Å². The molecule has 0 spiro atoms. The van der Waals surface area contributed by atoms with Crippen molar-refractivity contribution >= 4 is 11.7 Å². The monoisotopic (exact) mass is 397 g/mol. The second-order valence-corrected chi connectivity index (χ2v) is 7.81. The molecule has 29 heavy (non-hydrogen) atoms. The van der Waals surface area contributed by atoms with Crippen LogP contribution in [0.3, 0.4) is 0 Å². The number of anilines is 1. The average molecular weight is 397 g/mol. The summed E-state index contributed by atoms with van der Waals surface area (Å²) in [5.74, 6) is 1.50. The highest BCUT2D eigenvalue weighted by atomic mass is 16.5. The number of hydrogen-bond donors (Lipinski definition) is 1. The van der Waals surface area contributed by atoms with Gasteiger partial charge in [0.1, 0.15) is 17.2 Å². The molecule has 2 aromatic carbocycles. The lowest BCUT2D eigenvalue weighted by Gasteiger charge is -2.32. The maximum absolute atomic E-state index is 12.0. The highest BCUT2D eigenvalue weighted by molar-refractivity contribution is 5.84. The van der Waals surface area contributed by atoms with Crippen LogP contribution in [0, 0.1) is 0 Å². The van der Waals surface area contributed by atoms with Gasteiger partial charge in [0.2, 0.25) is 0 Å². The van der Waals surface area contributed by atoms with Crippen molar-refractivity contribution in [2.24, 2.45) is 0 Å². The first-order valence-electron chi connectivity index (χ1n) is 9.36. The third-order valence-corrected chi connectivity index (χ3v) is 4.85. The maximum Gasteiger partial charge on any atom is 0.332 e. The smallest absolute Gasteiger partial charge is 0.332 e. The van der Waals surface area contributed by atoms with E-state index in [0.29, 0.717) is 22.9 Å². The van der Waals surface area contributed by atoms with Crippen molar-refractivity contribution in [2.45, 2.75) is 32.3 Å². The van der Waals surface area contributed by atoms with Crippen LogP contribution in [0.4, 0.5) is 5.69 Å². The lowest BCUT2D eigenvalue weighted by atomic mass is 9.86. The second-order valence-electron chi connectivity index (χ2n) is 7.81. The van der Waals surface area contributed by atoms with Gasteiger partial charge in [-0.2, -0.15) is 0 Å². The van der Waals surface area contributed by atoms with E-state index in [2.05, 4.69) is 32.2 Å². The number of ether oxygens (including phenoxy) is 4. The first-order valence-corrected chi connectivity index (χ1v) is 9.36. The zero-order valence-electron chi connectivity index (χ0n) is 17.7. The minimum Gasteiger partial charge on any atom is -0.497 e. The van der Waals surface area contributed by atoms with Crippen molar-refractivity contribution < 1.29 is 23.7 Å². The summed E-state index contributed by atoms with van der Waals surface area (Å²) < 4.78 is 22.0. The highest BCUT2D eigenvalue weighted by Crippen LogP contribution is 2.44. The molecule has 0 aliphatic carbocycles. The van der Waals surface area contributed by atoms with Gasteiger partial charge in [0.15, 0.2) is 6.10 Å². The molecule has 1 heterocycles. The zero-order valence-corrected chi connectivity index (χ0v) is 17.7. The van der Waals surface area contributed by atoms with Crippen LogP contribution < -0.4 is 19.5 Å². The van der Waals surface area contributed by atoms with Crippen molar-refractivity contribution in [3.05, 3.63) is 59.3 Å². The highest BCUT2D eigenvalue weighted by Gasteiger charge is 2.30. The van der Waals surface area contributed by atoms with E-state index >= 15 is 0 Å². The molecule has 0 saturated carbocycles. The fourth-order valence-corrected chi connectivity index (χ4v) is 3.17. The van der Waals surface area contributed by atoms with Gasteiger partial charge in [-0.25, -0.2) is 4.79 Å². The molecule has 6 heteroatoms. The SMILES string of the molecule is COC(=O)/C=C1\Nc2cc(C(C)(C)C)ccc2OC1c1ccc(OC)cc1OC. The Hall–Kier alpha value is -3.15. The fraction of sp³-hybridized carbons (Fsp3) is 0.348. The standard InChI is InChI=1S/C23H27NO5/c1-23(2,3)14-7-10-19-17(11-14)24-18(13-21(25)28-6)22(29-19)16-9-8-15(26-4)12-20(16)27-5/h7-13,22,24H,1-6H3/b18-13-. The summed E-state index contributed by atoms with van der Waals surface area (Å²) in [4.78, 5) is 12.0. The lowest BCUT2D eigenvalue weighted by molar-refractivity contribution is -0.134. The summed E-state index contributed by atoms with van der Waals surface area (Å²) in [6.45, 7) is 6.44. The molecule has 1 unspecified atom stereocenters. The summed E-state index contributed by atoms with van der Waals surface area (Å²) in [7, 11) is 4.53. The van der Waals surface area contributed by atoms with Gasteiger partial charge in [-0.1, -0.05) is 26.8 Å². The number of methoxy groups -OCH3 is 3. The van der Waals surface area contributed by atoms with E-state index in [4.69, 9.17) is 18.9 Å². The third-order valence-electron chi connectivity index (χ3n) is 4.85. The molecule has 0 fully saturated rings. The molecule has 0 aromatic heterocycles. The number of fused-ring (bicyclic) bond motifs is 1. The Bertz CT molecular complexity index is 943. The average Bonchev–Trinajstić information content (AvgIpc) is 2.71. The van der Waals surface area contributed by atoms with E-state index in [1.165, 1.54) is 13.2 Å². The fourth-order valence-electron chi connectivity index (χ4n) is 3.17. The van der Waals surface area contributed by atoms with E-state index in [1.807, 2.05) is 24.3 Å². The molecule has 6 nitrogen and oxygen atoms in total. The molecule has 1 atom stereocenters. The summed E-state index contributed by atoms with van der Waals surface area (Å²) in [6, 6.07) is 11.5. The summed E-state index contributed by atoms with van der Waals surface area (Å²) in [5, 5.41) is 3.35. The van der Waals surface area contributed by atoms with Crippen LogP contribution in [-0.4, -0.2) is 27.3 Å². The van der Waals surface area contributed by atoms with Gasteiger partial charge in [0.05, 0.1) is 32.7 Å². The van der Waals surface area contributed by atoms with E-state index in [9.17, 15) is 4.79 Å². The first-order chi connectivity index (χ1) is 13.8. The van der Waals surface area contributed by atoms with E-state index < -0.39 is 12.1 Å². The molecular formula is C23H27NO5. The van der Waals surface area contributed by atoms with Crippen LogP contribution in [0.2, 0.25) is 0 Å². The van der Waals surface area contributed by atoms with E-state index in [1.54, 1.807) is 20.3 Å². The minimum absolute atomic E-state index is 0.0149. The Kier molecular flexibility index (Phi) is 5.73. The van der Waals surface area contributed by atoms with Crippen LogP contribution in [-0.2, 0) is 14.9 Å². The number of hydrogen-bond acceptors (Lipinski definition) is 6. The Morgan fingerprint density at radius 2 is 1.83 bits per heavy atom. The van der Waals surface area contributed by atoms with Crippen LogP contribution in [0.15, 0.2) is 48.2 Å². The van der Waals surface area contributed by atoms with Crippen LogP contribution in [0.1, 0.15) is 38.0 Å². The predicted octanol–water partition coefficient (Wildman–Crippen LogP) is 4.60. The Balaban J connectivity index is 2.09. The zero-order chi connectivity index (χ0) is 21.2. The molecule has 1 aliphatic heterocycles. The van der Waals surface area contributed by atoms with Crippen molar-refractivity contribution in [3.8, 4) is 17.2 Å². The Morgan fingerprint density at radius 3 is 2.45 bits per heavy atom. The van der Waals surface area contributed by atoms with E-state index in [-0.39, 0.29) is 5.41 Å². The Morgan fingerprint density at radius 1 is 1.07 bits per heavy atom. The lowest BCUT2D eigenvalue weighted by Crippen LogP contribution is -2.24. The third kappa shape index (κ3) is 4.31. The van der Waals surface area contributed by atoms with Gasteiger partial charge >= 0.3 is 5.97 Å². The van der Waals surface area contributed by atoms with Crippen LogP contribution >= 0.6 is 0 Å². The molecular weight excluding hydrogens is 370 g/mol. The summed E-state index contributed by atoms with van der Waals surface area (Å²) >= 11 is 0. The van der Waals surface area contributed by atoms with Gasteiger partial charge in [0, 0.05) is 17.7 Å². The quantitative estimate of drug-likeness (QED) is 0.601. The normalized spacial score (nSPS) is 17.0. The largest absolute Gasteiger partial charge is 0.497 e. The molecule has 1 N–H and O–H groups in total. The number of carbonyl (C=O) groups excluding carboxylic acids is 1. The molecule has 1 aliphatic rings. The minimum atomic E-state index is -0.567. The van der Waals surface area contributed by atoms with Gasteiger partial charge in [-0.15, -0.1) is 0 Å². The van der Waals surface area contributed by atoms with Crippen LogP contribution in [0.25, 0.3) is 0 Å². The Labute approximate surface area is 171 Å². The van der Waals surface area contributed by atoms with Gasteiger partial charge in [-0.05, 0) is 35.2 Å². The molecule has 0 saturated heterocycles. The summed E-state index contributed by atoms with van der Waals surface area (Å²) in [6.07, 6.45) is 0.837. The van der Waals surface area contributed by atoms with Crippen molar-refractivity contribution in [1.82, 2.24) is 0 Å². The molecule has 3 rings (SSSR count). The number of benzene rings is 2. The van der Waals surface area contributed by atoms with E-state index in [0.717, 1.165) is 16.8 Å². The van der Waals surface area contributed by atoms with Crippen molar-refractivity contribution in [1.29, 1.82) is 0 Å². The summed E-state index contributed by atoms with van der Waals surface area (Å²) in [5.41, 5.74) is 3.28. The molecule has 0 radical (unpaired) electrons. The second kappa shape index (κ2) is 8.07. The molecule has 0 amide bonds. The van der Waals surface area contributed by atoms with Gasteiger partial charge in [0.25, 0.3) is 0 Å². The van der Waals surface area contributed by atoms with Gasteiger partial charge < -0.3 is 24.3 Å². The van der Waals surface area contributed by atoms with Gasteiger partial charge in [-0.3, -0.25) is 0 Å². The van der Waals surface area contributed by atoms with Crippen LogP contribution in [0.5, 0.6) is 17.2 Å². The molecule has 154 valence electrons.